The maximum absolute atomic E-state index is 11.2. The van der Waals surface area contributed by atoms with E-state index in [1.807, 2.05) is 7.05 Å². The summed E-state index contributed by atoms with van der Waals surface area (Å²) in [5, 5.41) is 9.21. The molecule has 2 saturated heterocycles. The summed E-state index contributed by atoms with van der Waals surface area (Å²) < 4.78 is 11.5. The highest BCUT2D eigenvalue weighted by atomic mass is 16.7. The van der Waals surface area contributed by atoms with E-state index in [1.165, 1.54) is 0 Å². The van der Waals surface area contributed by atoms with Crippen LogP contribution in [0.1, 0.15) is 25.7 Å². The molecule has 1 saturated carbocycles. The van der Waals surface area contributed by atoms with Gasteiger partial charge in [0, 0.05) is 25.4 Å². The quantitative estimate of drug-likeness (QED) is 0.755. The largest absolute Gasteiger partial charge is 0.481 e. The van der Waals surface area contributed by atoms with Crippen molar-refractivity contribution in [3.8, 4) is 0 Å². The van der Waals surface area contributed by atoms with Crippen molar-refractivity contribution in [1.29, 1.82) is 0 Å². The minimum Gasteiger partial charge on any atom is -0.481 e. The van der Waals surface area contributed by atoms with Crippen LogP contribution in [-0.2, 0) is 14.3 Å². The van der Waals surface area contributed by atoms with Crippen molar-refractivity contribution in [2.75, 3.05) is 26.8 Å². The van der Waals surface area contributed by atoms with E-state index in [1.54, 1.807) is 0 Å². The first-order chi connectivity index (χ1) is 8.60. The number of rotatable bonds is 1. The van der Waals surface area contributed by atoms with Crippen LogP contribution in [-0.4, -0.2) is 54.6 Å². The fourth-order valence-corrected chi connectivity index (χ4v) is 3.92. The fourth-order valence-electron chi connectivity index (χ4n) is 3.92. The Bertz CT molecular complexity index is 340. The van der Waals surface area contributed by atoms with Crippen LogP contribution in [0.5, 0.6) is 0 Å². The molecule has 18 heavy (non-hydrogen) atoms. The van der Waals surface area contributed by atoms with Crippen molar-refractivity contribution in [3.05, 3.63) is 0 Å². The Morgan fingerprint density at radius 3 is 2.78 bits per heavy atom. The zero-order chi connectivity index (χ0) is 12.8. The number of hydrogen-bond acceptors (Lipinski definition) is 4. The van der Waals surface area contributed by atoms with Crippen molar-refractivity contribution < 1.29 is 19.4 Å². The Labute approximate surface area is 107 Å². The van der Waals surface area contributed by atoms with E-state index in [2.05, 4.69) is 4.90 Å². The molecule has 3 atom stereocenters. The minimum absolute atomic E-state index is 0.243. The Morgan fingerprint density at radius 1 is 1.39 bits per heavy atom. The van der Waals surface area contributed by atoms with Crippen molar-refractivity contribution in [1.82, 2.24) is 4.90 Å². The zero-order valence-corrected chi connectivity index (χ0v) is 10.8. The van der Waals surface area contributed by atoms with E-state index >= 15 is 0 Å². The molecular weight excluding hydrogens is 234 g/mol. The number of ether oxygens (including phenoxy) is 2. The maximum Gasteiger partial charge on any atom is 0.307 e. The standard InChI is InChI=1S/C13H21NO4/c1-14-8-10(12(15)16)6-9-7-13(3-2-11(9)14)17-4-5-18-13/h9-11H,2-8H2,1H3,(H,15,16). The molecule has 1 spiro atoms. The molecule has 0 amide bonds. The topological polar surface area (TPSA) is 59.0 Å². The molecule has 3 aliphatic rings. The lowest BCUT2D eigenvalue weighted by atomic mass is 9.73. The van der Waals surface area contributed by atoms with E-state index in [4.69, 9.17) is 9.47 Å². The van der Waals surface area contributed by atoms with E-state index in [9.17, 15) is 9.90 Å². The van der Waals surface area contributed by atoms with Gasteiger partial charge in [-0.1, -0.05) is 0 Å². The Balaban J connectivity index is 1.73. The zero-order valence-electron chi connectivity index (χ0n) is 10.8. The average Bonchev–Trinajstić information content (AvgIpc) is 2.76. The molecule has 0 radical (unpaired) electrons. The third kappa shape index (κ3) is 2.04. The molecular formula is C13H21NO4. The van der Waals surface area contributed by atoms with Crippen LogP contribution in [0.4, 0.5) is 0 Å². The molecule has 0 aromatic carbocycles. The molecule has 102 valence electrons. The van der Waals surface area contributed by atoms with Gasteiger partial charge in [0.15, 0.2) is 5.79 Å². The lowest BCUT2D eigenvalue weighted by molar-refractivity contribution is -0.203. The highest BCUT2D eigenvalue weighted by Crippen LogP contribution is 2.44. The van der Waals surface area contributed by atoms with Crippen LogP contribution in [0, 0.1) is 11.8 Å². The summed E-state index contributed by atoms with van der Waals surface area (Å²) in [5.74, 6) is -0.930. The summed E-state index contributed by atoms with van der Waals surface area (Å²) >= 11 is 0. The van der Waals surface area contributed by atoms with E-state index in [-0.39, 0.29) is 5.92 Å². The minimum atomic E-state index is -0.673. The van der Waals surface area contributed by atoms with Gasteiger partial charge in [-0.25, -0.2) is 0 Å². The third-order valence-corrected chi connectivity index (χ3v) is 4.76. The van der Waals surface area contributed by atoms with Gasteiger partial charge in [0.1, 0.15) is 0 Å². The van der Waals surface area contributed by atoms with Crippen LogP contribution in [0.3, 0.4) is 0 Å². The van der Waals surface area contributed by atoms with Gasteiger partial charge in [0.2, 0.25) is 0 Å². The lowest BCUT2D eigenvalue weighted by Crippen LogP contribution is -2.54. The van der Waals surface area contributed by atoms with Crippen LogP contribution in [0.25, 0.3) is 0 Å². The second kappa shape index (κ2) is 4.47. The highest BCUT2D eigenvalue weighted by molar-refractivity contribution is 5.70. The first-order valence-electron chi connectivity index (χ1n) is 6.81. The number of nitrogens with zero attached hydrogens (tertiary/aromatic N) is 1. The molecule has 2 aliphatic heterocycles. The predicted molar refractivity (Wildman–Crippen MR) is 64.1 cm³/mol. The third-order valence-electron chi connectivity index (χ3n) is 4.76. The monoisotopic (exact) mass is 255 g/mol. The smallest absolute Gasteiger partial charge is 0.307 e. The number of aliphatic carboxylic acids is 1. The molecule has 5 nitrogen and oxygen atoms in total. The molecule has 3 unspecified atom stereocenters. The van der Waals surface area contributed by atoms with Crippen LogP contribution >= 0.6 is 0 Å². The lowest BCUT2D eigenvalue weighted by Gasteiger charge is -2.48. The number of hydrogen-bond donors (Lipinski definition) is 1. The molecule has 1 N–H and O–H groups in total. The van der Waals surface area contributed by atoms with Crippen LogP contribution in [0.15, 0.2) is 0 Å². The highest BCUT2D eigenvalue weighted by Gasteiger charge is 2.49. The Morgan fingerprint density at radius 2 is 2.11 bits per heavy atom. The second-order valence-corrected chi connectivity index (χ2v) is 5.89. The second-order valence-electron chi connectivity index (χ2n) is 5.89. The molecule has 3 rings (SSSR count). The van der Waals surface area contributed by atoms with E-state index < -0.39 is 11.8 Å². The summed E-state index contributed by atoms with van der Waals surface area (Å²) in [6.45, 7) is 2.02. The SMILES string of the molecule is CN1CC(C(=O)O)CC2CC3(CCC21)OCCO3. The molecule has 0 aromatic rings. The summed E-state index contributed by atoms with van der Waals surface area (Å²) in [4.78, 5) is 13.4. The van der Waals surface area contributed by atoms with Gasteiger partial charge in [-0.15, -0.1) is 0 Å². The molecule has 0 aromatic heterocycles. The van der Waals surface area contributed by atoms with Gasteiger partial charge in [-0.3, -0.25) is 4.79 Å². The Hall–Kier alpha value is -0.650. The molecule has 2 heterocycles. The van der Waals surface area contributed by atoms with Gasteiger partial charge >= 0.3 is 5.97 Å². The predicted octanol–water partition coefficient (Wildman–Crippen LogP) is 0.934. The van der Waals surface area contributed by atoms with Crippen molar-refractivity contribution in [2.45, 2.75) is 37.5 Å². The molecule has 3 fully saturated rings. The molecule has 5 heteroatoms. The van der Waals surface area contributed by atoms with Gasteiger partial charge in [0.25, 0.3) is 0 Å². The fraction of sp³-hybridized carbons (Fsp3) is 0.923. The molecule has 0 bridgehead atoms. The van der Waals surface area contributed by atoms with E-state index in [0.717, 1.165) is 25.7 Å². The number of piperidine rings is 1. The normalized spacial score (nSPS) is 39.7. The average molecular weight is 255 g/mol. The van der Waals surface area contributed by atoms with Crippen molar-refractivity contribution in [3.63, 3.8) is 0 Å². The van der Waals surface area contributed by atoms with Crippen molar-refractivity contribution >= 4 is 5.97 Å². The van der Waals surface area contributed by atoms with Gasteiger partial charge in [0.05, 0.1) is 19.1 Å². The first kappa shape index (κ1) is 12.4. The van der Waals surface area contributed by atoms with Gasteiger partial charge < -0.3 is 19.5 Å². The summed E-state index contributed by atoms with van der Waals surface area (Å²) in [5.41, 5.74) is 0. The first-order valence-corrected chi connectivity index (χ1v) is 6.81. The molecule has 1 aliphatic carbocycles. The number of carboxylic acids is 1. The maximum atomic E-state index is 11.2. The van der Waals surface area contributed by atoms with Crippen LogP contribution in [0.2, 0.25) is 0 Å². The van der Waals surface area contributed by atoms with E-state index in [0.29, 0.717) is 31.7 Å². The van der Waals surface area contributed by atoms with Gasteiger partial charge in [-0.2, -0.15) is 0 Å². The summed E-state index contributed by atoms with van der Waals surface area (Å²) in [7, 11) is 2.04. The Kier molecular flexibility index (Phi) is 3.08. The van der Waals surface area contributed by atoms with Crippen molar-refractivity contribution in [2.24, 2.45) is 11.8 Å². The number of fused-ring (bicyclic) bond motifs is 1. The summed E-state index contributed by atoms with van der Waals surface area (Å²) in [6.07, 6.45) is 3.61. The summed E-state index contributed by atoms with van der Waals surface area (Å²) in [6, 6.07) is 0.499. The number of carboxylic acid groups (broad SMARTS) is 1. The number of carbonyl (C=O) groups is 1. The number of likely N-dealkylation sites (tertiary alicyclic amines) is 1. The van der Waals surface area contributed by atoms with Gasteiger partial charge in [-0.05, 0) is 25.8 Å². The van der Waals surface area contributed by atoms with Crippen LogP contribution < -0.4 is 0 Å².